The van der Waals surface area contributed by atoms with Crippen LogP contribution in [0, 0.1) is 28.6 Å². The molecule has 4 aliphatic rings. The maximum atomic E-state index is 12.4. The van der Waals surface area contributed by atoms with Crippen molar-refractivity contribution in [3.8, 4) is 0 Å². The maximum absolute atomic E-state index is 12.4. The van der Waals surface area contributed by atoms with E-state index < -0.39 is 12.2 Å². The van der Waals surface area contributed by atoms with E-state index in [1.165, 1.54) is 5.57 Å². The molecule has 7 atom stereocenters. The van der Waals surface area contributed by atoms with E-state index in [9.17, 15) is 15.0 Å². The molecule has 4 rings (SSSR count). The molecule has 120 valence electrons. The van der Waals surface area contributed by atoms with Crippen molar-refractivity contribution >= 4 is 5.78 Å². The van der Waals surface area contributed by atoms with Gasteiger partial charge in [-0.15, -0.1) is 0 Å². The van der Waals surface area contributed by atoms with Gasteiger partial charge in [-0.05, 0) is 43.4 Å². The van der Waals surface area contributed by atoms with Gasteiger partial charge in [0, 0.05) is 17.3 Å². The monoisotopic (exact) mass is 302 g/mol. The maximum Gasteiger partial charge on any atom is 0.139 e. The number of hydrogen-bond donors (Lipinski definition) is 2. The zero-order valence-electron chi connectivity index (χ0n) is 13.5. The lowest BCUT2D eigenvalue weighted by molar-refractivity contribution is -0.133. The van der Waals surface area contributed by atoms with Gasteiger partial charge >= 0.3 is 0 Å². The van der Waals surface area contributed by atoms with Gasteiger partial charge in [0.1, 0.15) is 5.78 Å². The Morgan fingerprint density at radius 2 is 1.95 bits per heavy atom. The van der Waals surface area contributed by atoms with Crippen molar-refractivity contribution in [2.75, 3.05) is 0 Å². The van der Waals surface area contributed by atoms with E-state index in [0.29, 0.717) is 30.5 Å². The van der Waals surface area contributed by atoms with Crippen LogP contribution in [-0.2, 0) is 4.79 Å². The molecule has 22 heavy (non-hydrogen) atoms. The molecule has 0 saturated heterocycles. The normalized spacial score (nSPS) is 53.5. The fraction of sp³-hybridized carbons (Fsp3) is 0.737. The molecule has 0 aromatic heterocycles. The van der Waals surface area contributed by atoms with Crippen molar-refractivity contribution in [2.45, 2.75) is 58.2 Å². The van der Waals surface area contributed by atoms with E-state index in [1.807, 2.05) is 12.2 Å². The molecule has 2 fully saturated rings. The Labute approximate surface area is 132 Å². The van der Waals surface area contributed by atoms with Crippen molar-refractivity contribution < 1.29 is 15.0 Å². The predicted molar refractivity (Wildman–Crippen MR) is 84.0 cm³/mol. The number of carbonyl (C=O) groups is 1. The van der Waals surface area contributed by atoms with Gasteiger partial charge in [0.15, 0.2) is 0 Å². The van der Waals surface area contributed by atoms with Crippen molar-refractivity contribution in [2.24, 2.45) is 28.6 Å². The van der Waals surface area contributed by atoms with Crippen LogP contribution in [0.3, 0.4) is 0 Å². The van der Waals surface area contributed by atoms with E-state index in [4.69, 9.17) is 0 Å². The van der Waals surface area contributed by atoms with E-state index in [-0.39, 0.29) is 16.7 Å². The molecule has 0 spiro atoms. The smallest absolute Gasteiger partial charge is 0.139 e. The van der Waals surface area contributed by atoms with Gasteiger partial charge in [-0.25, -0.2) is 0 Å². The van der Waals surface area contributed by atoms with Crippen LogP contribution in [0.1, 0.15) is 46.0 Å². The number of aliphatic hydroxyl groups excluding tert-OH is 2. The number of allylic oxidation sites excluding steroid dienone is 1. The van der Waals surface area contributed by atoms with E-state index >= 15 is 0 Å². The first-order valence-corrected chi connectivity index (χ1v) is 8.66. The highest BCUT2D eigenvalue weighted by atomic mass is 16.3. The summed E-state index contributed by atoms with van der Waals surface area (Å²) >= 11 is 0. The summed E-state index contributed by atoms with van der Waals surface area (Å²) in [5.74, 6) is 1.27. The minimum absolute atomic E-state index is 0.0594. The highest BCUT2D eigenvalue weighted by molar-refractivity contribution is 5.87. The van der Waals surface area contributed by atoms with Gasteiger partial charge in [-0.2, -0.15) is 0 Å². The second-order valence-corrected chi connectivity index (χ2v) is 8.30. The number of rotatable bonds is 0. The first kappa shape index (κ1) is 14.6. The van der Waals surface area contributed by atoms with Crippen LogP contribution in [0.25, 0.3) is 0 Å². The van der Waals surface area contributed by atoms with Crippen LogP contribution in [-0.4, -0.2) is 28.2 Å². The third-order valence-corrected chi connectivity index (χ3v) is 7.36. The Bertz CT molecular complexity index is 577. The first-order chi connectivity index (χ1) is 10.4. The number of aliphatic hydroxyl groups is 2. The largest absolute Gasteiger partial charge is 0.389 e. The Kier molecular flexibility index (Phi) is 3.03. The summed E-state index contributed by atoms with van der Waals surface area (Å²) in [6, 6.07) is 0. The molecule has 4 aliphatic carbocycles. The second kappa shape index (κ2) is 4.55. The molecule has 3 nitrogen and oxygen atoms in total. The van der Waals surface area contributed by atoms with Gasteiger partial charge in [-0.3, -0.25) is 4.79 Å². The lowest BCUT2D eigenvalue weighted by Gasteiger charge is -2.56. The average molecular weight is 302 g/mol. The molecule has 2 N–H and O–H groups in total. The summed E-state index contributed by atoms with van der Waals surface area (Å²) in [6.07, 6.45) is 9.36. The summed E-state index contributed by atoms with van der Waals surface area (Å²) in [5.41, 5.74) is 0.905. The van der Waals surface area contributed by atoms with Gasteiger partial charge < -0.3 is 10.2 Å². The van der Waals surface area contributed by atoms with Crippen LogP contribution in [0.4, 0.5) is 0 Å². The van der Waals surface area contributed by atoms with Gasteiger partial charge in [-0.1, -0.05) is 37.6 Å². The predicted octanol–water partition coefficient (Wildman–Crippen LogP) is 2.63. The molecular weight excluding hydrogens is 276 g/mol. The van der Waals surface area contributed by atoms with E-state index in [0.717, 1.165) is 19.3 Å². The van der Waals surface area contributed by atoms with Crippen LogP contribution in [0.2, 0.25) is 0 Å². The lowest BCUT2D eigenvalue weighted by atomic mass is 9.48. The highest BCUT2D eigenvalue weighted by Crippen LogP contribution is 2.62. The quantitative estimate of drug-likeness (QED) is 0.676. The molecule has 0 aromatic carbocycles. The molecule has 0 bridgehead atoms. The zero-order chi connectivity index (χ0) is 15.7. The molecule has 0 aromatic rings. The topological polar surface area (TPSA) is 57.5 Å². The molecule has 3 heteroatoms. The summed E-state index contributed by atoms with van der Waals surface area (Å²) in [5, 5.41) is 20.7. The van der Waals surface area contributed by atoms with Crippen LogP contribution in [0.5, 0.6) is 0 Å². The van der Waals surface area contributed by atoms with Crippen LogP contribution >= 0.6 is 0 Å². The molecule has 0 unspecified atom stereocenters. The van der Waals surface area contributed by atoms with E-state index in [2.05, 4.69) is 19.9 Å². The number of ketones is 1. The number of carbonyl (C=O) groups excluding carboxylic acids is 1. The Balaban J connectivity index is 1.78. The average Bonchev–Trinajstić information content (AvgIpc) is 2.77. The fourth-order valence-corrected chi connectivity index (χ4v) is 6.00. The molecule has 2 saturated carbocycles. The third-order valence-electron chi connectivity index (χ3n) is 7.36. The minimum Gasteiger partial charge on any atom is -0.389 e. The number of fused-ring (bicyclic) bond motifs is 5. The highest BCUT2D eigenvalue weighted by Gasteiger charge is 2.60. The summed E-state index contributed by atoms with van der Waals surface area (Å²) in [7, 11) is 0. The number of Topliss-reactive ketones (excluding diaryl/α,β-unsaturated/α-hetero) is 1. The molecule has 0 amide bonds. The molecule has 0 radical (unpaired) electrons. The Hall–Kier alpha value is -0.930. The van der Waals surface area contributed by atoms with Crippen molar-refractivity contribution in [1.82, 2.24) is 0 Å². The lowest BCUT2D eigenvalue weighted by Crippen LogP contribution is -2.53. The Morgan fingerprint density at radius 1 is 1.18 bits per heavy atom. The summed E-state index contributed by atoms with van der Waals surface area (Å²) in [6.45, 7) is 4.38. The van der Waals surface area contributed by atoms with Crippen LogP contribution < -0.4 is 0 Å². The first-order valence-electron chi connectivity index (χ1n) is 8.66. The van der Waals surface area contributed by atoms with Crippen LogP contribution in [0.15, 0.2) is 23.8 Å². The SMILES string of the molecule is C[C@]12C=C[C@H](O)CC1=C[C@@H](O)[C@@H]1[C@@H]2CC[C@]2(C)C(=O)CC[C@@H]12. The Morgan fingerprint density at radius 3 is 2.73 bits per heavy atom. The standard InChI is InChI=1S/C19H26O3/c1-18-7-5-12(20)9-11(18)10-15(21)17-13-3-4-16(22)19(13,2)8-6-14(17)18/h5,7,10,12-15,17,20-21H,3-4,6,8-9H2,1-2H3/t12-,13-,14-,15+,17-,18-,19-/m0/s1. The van der Waals surface area contributed by atoms with Crippen molar-refractivity contribution in [3.63, 3.8) is 0 Å². The zero-order valence-corrected chi connectivity index (χ0v) is 13.5. The summed E-state index contributed by atoms with van der Waals surface area (Å²) in [4.78, 5) is 12.4. The van der Waals surface area contributed by atoms with Gasteiger partial charge in [0.2, 0.25) is 0 Å². The fourth-order valence-electron chi connectivity index (χ4n) is 6.00. The van der Waals surface area contributed by atoms with Gasteiger partial charge in [0.05, 0.1) is 12.2 Å². The number of hydrogen-bond acceptors (Lipinski definition) is 3. The van der Waals surface area contributed by atoms with Crippen molar-refractivity contribution in [3.05, 3.63) is 23.8 Å². The van der Waals surface area contributed by atoms with Crippen molar-refractivity contribution in [1.29, 1.82) is 0 Å². The third kappa shape index (κ3) is 1.73. The summed E-state index contributed by atoms with van der Waals surface area (Å²) < 4.78 is 0. The molecule has 0 aliphatic heterocycles. The molecular formula is C19H26O3. The molecule has 0 heterocycles. The second-order valence-electron chi connectivity index (χ2n) is 8.30. The van der Waals surface area contributed by atoms with E-state index in [1.54, 1.807) is 0 Å². The van der Waals surface area contributed by atoms with Gasteiger partial charge in [0.25, 0.3) is 0 Å². The minimum atomic E-state index is -0.470.